The van der Waals surface area contributed by atoms with E-state index in [0.717, 1.165) is 39.5 Å². The number of hydrogen-bond donors (Lipinski definition) is 2. The molecule has 0 unspecified atom stereocenters. The Hall–Kier alpha value is -2.71. The van der Waals surface area contributed by atoms with Crippen LogP contribution >= 0.6 is 11.8 Å². The molecule has 1 saturated heterocycles. The summed E-state index contributed by atoms with van der Waals surface area (Å²) in [5.41, 5.74) is 3.89. The predicted octanol–water partition coefficient (Wildman–Crippen LogP) is 4.55. The van der Waals surface area contributed by atoms with Crippen molar-refractivity contribution >= 4 is 17.7 Å². The van der Waals surface area contributed by atoms with E-state index in [4.69, 9.17) is 9.47 Å². The minimum atomic E-state index is -0.495. The van der Waals surface area contributed by atoms with Crippen molar-refractivity contribution in [3.8, 4) is 0 Å². The fourth-order valence-corrected chi connectivity index (χ4v) is 4.53. The van der Waals surface area contributed by atoms with Crippen molar-refractivity contribution in [3.63, 3.8) is 0 Å². The topological polar surface area (TPSA) is 80.7 Å². The van der Waals surface area contributed by atoms with Crippen LogP contribution in [0.15, 0.2) is 78.0 Å². The highest BCUT2D eigenvalue weighted by molar-refractivity contribution is 7.99. The second-order valence-electron chi connectivity index (χ2n) is 7.98. The van der Waals surface area contributed by atoms with Crippen LogP contribution < -0.4 is 5.32 Å². The number of aliphatic hydroxyl groups excluding tert-OH is 1. The number of nitrogens with zero attached hydrogens (tertiary/aromatic N) is 1. The molecular weight excluding hydrogens is 436 g/mol. The molecule has 0 aliphatic carbocycles. The van der Waals surface area contributed by atoms with E-state index in [1.807, 2.05) is 66.7 Å². The van der Waals surface area contributed by atoms with Gasteiger partial charge in [0.25, 0.3) is 0 Å². The Balaban J connectivity index is 1.49. The van der Waals surface area contributed by atoms with Crippen LogP contribution in [-0.4, -0.2) is 27.9 Å². The molecule has 172 valence electrons. The molecule has 1 aromatic heterocycles. The number of nitrogens with one attached hydrogen (secondary N) is 1. The van der Waals surface area contributed by atoms with Crippen molar-refractivity contribution in [3.05, 3.63) is 95.2 Å². The Labute approximate surface area is 198 Å². The van der Waals surface area contributed by atoms with E-state index in [-0.39, 0.29) is 24.7 Å². The van der Waals surface area contributed by atoms with Gasteiger partial charge in [0.05, 0.1) is 23.8 Å². The first-order valence-electron chi connectivity index (χ1n) is 11.0. The molecule has 0 radical (unpaired) electrons. The molecule has 2 aromatic carbocycles. The van der Waals surface area contributed by atoms with Gasteiger partial charge in [-0.1, -0.05) is 54.6 Å². The van der Waals surface area contributed by atoms with E-state index in [9.17, 15) is 9.90 Å². The molecule has 0 saturated carbocycles. The molecule has 33 heavy (non-hydrogen) atoms. The molecule has 7 heteroatoms. The zero-order valence-corrected chi connectivity index (χ0v) is 19.3. The zero-order chi connectivity index (χ0) is 23.0. The number of rotatable bonds is 8. The Kier molecular flexibility index (Phi) is 8.12. The fraction of sp³-hybridized carbons (Fsp3) is 0.308. The zero-order valence-electron chi connectivity index (χ0n) is 18.5. The second-order valence-corrected chi connectivity index (χ2v) is 9.02. The summed E-state index contributed by atoms with van der Waals surface area (Å²) in [7, 11) is 0. The number of carbonyl (C=O) groups is 1. The Morgan fingerprint density at radius 1 is 1.03 bits per heavy atom. The van der Waals surface area contributed by atoms with Gasteiger partial charge in [-0.2, -0.15) is 0 Å². The van der Waals surface area contributed by atoms with Gasteiger partial charge in [0, 0.05) is 37.4 Å². The van der Waals surface area contributed by atoms with Crippen molar-refractivity contribution in [2.45, 2.75) is 50.0 Å². The first-order chi connectivity index (χ1) is 16.1. The fourth-order valence-electron chi connectivity index (χ4n) is 3.65. The summed E-state index contributed by atoms with van der Waals surface area (Å²) < 4.78 is 12.7. The summed E-state index contributed by atoms with van der Waals surface area (Å²) in [6.45, 7) is 2.02. The summed E-state index contributed by atoms with van der Waals surface area (Å²) in [5, 5.41) is 13.1. The maximum absolute atomic E-state index is 11.2. The lowest BCUT2D eigenvalue weighted by molar-refractivity contribution is -0.245. The van der Waals surface area contributed by atoms with E-state index in [2.05, 4.69) is 10.3 Å². The van der Waals surface area contributed by atoms with Gasteiger partial charge in [-0.05, 0) is 28.8 Å². The molecule has 3 atom stereocenters. The smallest absolute Gasteiger partial charge is 0.217 e. The number of aliphatic hydroxyl groups is 1. The quantitative estimate of drug-likeness (QED) is 0.476. The third-order valence-electron chi connectivity index (χ3n) is 5.46. The number of pyridine rings is 1. The van der Waals surface area contributed by atoms with E-state index in [1.165, 1.54) is 6.92 Å². The van der Waals surface area contributed by atoms with Gasteiger partial charge in [0.2, 0.25) is 5.91 Å². The highest BCUT2D eigenvalue weighted by atomic mass is 32.2. The first kappa shape index (κ1) is 23.4. The normalized spacial score (nSPS) is 20.4. The Morgan fingerprint density at radius 3 is 2.42 bits per heavy atom. The third-order valence-corrected chi connectivity index (χ3v) is 6.54. The molecule has 1 aliphatic heterocycles. The molecular formula is C26H28N2O4S. The molecule has 2 heterocycles. The molecule has 1 aliphatic rings. The Morgan fingerprint density at radius 2 is 1.76 bits per heavy atom. The van der Waals surface area contributed by atoms with Crippen molar-refractivity contribution in [1.82, 2.24) is 10.3 Å². The van der Waals surface area contributed by atoms with Crippen molar-refractivity contribution < 1.29 is 19.4 Å². The maximum Gasteiger partial charge on any atom is 0.217 e. The number of thioether (sulfide) groups is 1. The second kappa shape index (κ2) is 11.4. The molecule has 6 nitrogen and oxygen atoms in total. The predicted molar refractivity (Wildman–Crippen MR) is 127 cm³/mol. The van der Waals surface area contributed by atoms with E-state index >= 15 is 0 Å². The lowest BCUT2D eigenvalue weighted by Crippen LogP contribution is -2.31. The van der Waals surface area contributed by atoms with Gasteiger partial charge < -0.3 is 19.9 Å². The van der Waals surface area contributed by atoms with Crippen molar-refractivity contribution in [2.24, 2.45) is 0 Å². The summed E-state index contributed by atoms with van der Waals surface area (Å²) in [6, 6.07) is 21.7. The van der Waals surface area contributed by atoms with Crippen molar-refractivity contribution in [1.29, 1.82) is 0 Å². The van der Waals surface area contributed by atoms with Gasteiger partial charge >= 0.3 is 0 Å². The van der Waals surface area contributed by atoms with Crippen molar-refractivity contribution in [2.75, 3.05) is 5.75 Å². The van der Waals surface area contributed by atoms with Crippen LogP contribution in [0.5, 0.6) is 0 Å². The summed E-state index contributed by atoms with van der Waals surface area (Å²) in [6.07, 6.45) is 1.90. The highest BCUT2D eigenvalue weighted by Crippen LogP contribution is 2.39. The first-order valence-corrected chi connectivity index (χ1v) is 12.0. The number of aromatic nitrogens is 1. The molecule has 1 amide bonds. The van der Waals surface area contributed by atoms with Gasteiger partial charge in [0.15, 0.2) is 6.29 Å². The Bertz CT molecular complexity index is 1030. The summed E-state index contributed by atoms with van der Waals surface area (Å²) in [4.78, 5) is 15.6. The van der Waals surface area contributed by atoms with Gasteiger partial charge in [-0.15, -0.1) is 11.8 Å². The number of hydrogen-bond acceptors (Lipinski definition) is 6. The van der Waals surface area contributed by atoms with Crippen LogP contribution in [0.25, 0.3) is 0 Å². The molecule has 0 spiro atoms. The number of carbonyl (C=O) groups excluding carboxylic acids is 1. The largest absolute Gasteiger partial charge is 0.392 e. The van der Waals surface area contributed by atoms with Gasteiger partial charge in [0.1, 0.15) is 0 Å². The molecule has 1 fully saturated rings. The molecule has 3 aromatic rings. The lowest BCUT2D eigenvalue weighted by Gasteiger charge is -2.36. The molecule has 4 rings (SSSR count). The third kappa shape index (κ3) is 6.65. The minimum absolute atomic E-state index is 0.0164. The van der Waals surface area contributed by atoms with Crippen LogP contribution in [0, 0.1) is 0 Å². The average molecular weight is 465 g/mol. The SMILES string of the molecule is CC(=O)NCc1ccc([C@@H]2O[C@H](CSc3ccccn3)C[C@H](c3ccc(CO)cc3)O2)cc1. The summed E-state index contributed by atoms with van der Waals surface area (Å²) in [5.74, 6) is 0.712. The maximum atomic E-state index is 11.2. The molecule has 2 N–H and O–H groups in total. The standard InChI is InChI=1S/C26H28N2O4S/c1-18(30)28-15-19-5-11-22(12-6-19)26-31-23(17-33-25-4-2-3-13-27-25)14-24(32-26)21-9-7-20(16-29)8-10-21/h2-13,23-24,26,29H,14-17H2,1H3,(H,28,30)/t23-,24+,26+/m0/s1. The van der Waals surface area contributed by atoms with E-state index < -0.39 is 6.29 Å². The number of amides is 1. The van der Waals surface area contributed by atoms with Gasteiger partial charge in [-0.25, -0.2) is 4.98 Å². The van der Waals surface area contributed by atoms with E-state index in [1.54, 1.807) is 18.0 Å². The summed E-state index contributed by atoms with van der Waals surface area (Å²) >= 11 is 1.67. The van der Waals surface area contributed by atoms with E-state index in [0.29, 0.717) is 6.54 Å². The minimum Gasteiger partial charge on any atom is -0.392 e. The number of ether oxygens (including phenoxy) is 2. The van der Waals surface area contributed by atoms with Crippen LogP contribution in [0.1, 0.15) is 48.0 Å². The van der Waals surface area contributed by atoms with Crippen LogP contribution in [0.3, 0.4) is 0 Å². The van der Waals surface area contributed by atoms with Crippen LogP contribution in [0.4, 0.5) is 0 Å². The van der Waals surface area contributed by atoms with Crippen LogP contribution in [0.2, 0.25) is 0 Å². The molecule has 0 bridgehead atoms. The monoisotopic (exact) mass is 464 g/mol. The lowest BCUT2D eigenvalue weighted by atomic mass is 10.0. The average Bonchev–Trinajstić information content (AvgIpc) is 2.87. The van der Waals surface area contributed by atoms with Crippen LogP contribution in [-0.2, 0) is 27.4 Å². The highest BCUT2D eigenvalue weighted by Gasteiger charge is 2.32. The van der Waals surface area contributed by atoms with Gasteiger partial charge in [-0.3, -0.25) is 4.79 Å². The number of benzene rings is 2.